The fourth-order valence-electron chi connectivity index (χ4n) is 2.96. The van der Waals surface area contributed by atoms with Gasteiger partial charge < -0.3 is 0 Å². The van der Waals surface area contributed by atoms with Crippen LogP contribution in [0.4, 0.5) is 13.2 Å². The summed E-state index contributed by atoms with van der Waals surface area (Å²) in [5.74, 6) is -2.82. The van der Waals surface area contributed by atoms with Crippen LogP contribution < -0.4 is 0 Å². The SMILES string of the molecule is CC1(C)[C@H]2CC[C@]1(OS(=O)(=O)C(F)(F)F)C(=O)C2=O. The fourth-order valence-corrected chi connectivity index (χ4v) is 3.80. The number of hydrogen-bond donors (Lipinski definition) is 0. The van der Waals surface area contributed by atoms with Crippen molar-refractivity contribution < 1.29 is 35.4 Å². The van der Waals surface area contributed by atoms with Gasteiger partial charge in [-0.2, -0.15) is 21.6 Å². The molecule has 5 nitrogen and oxygen atoms in total. The highest BCUT2D eigenvalue weighted by atomic mass is 32.2. The highest BCUT2D eigenvalue weighted by Gasteiger charge is 2.73. The monoisotopic (exact) mass is 300 g/mol. The first-order chi connectivity index (χ1) is 8.37. The molecule has 9 heteroatoms. The van der Waals surface area contributed by atoms with Crippen molar-refractivity contribution in [1.82, 2.24) is 0 Å². The highest BCUT2D eigenvalue weighted by Crippen LogP contribution is 2.59. The van der Waals surface area contributed by atoms with Gasteiger partial charge >= 0.3 is 15.6 Å². The van der Waals surface area contributed by atoms with E-state index in [0.29, 0.717) is 0 Å². The van der Waals surface area contributed by atoms with Crippen molar-refractivity contribution in [3.8, 4) is 0 Å². The second kappa shape index (κ2) is 3.57. The van der Waals surface area contributed by atoms with Crippen molar-refractivity contribution in [1.29, 1.82) is 0 Å². The Kier molecular flexibility index (Phi) is 2.72. The summed E-state index contributed by atoms with van der Waals surface area (Å²) in [5, 5.41) is 0. The van der Waals surface area contributed by atoms with E-state index in [1.54, 1.807) is 0 Å². The van der Waals surface area contributed by atoms with Crippen molar-refractivity contribution in [2.75, 3.05) is 0 Å². The smallest absolute Gasteiger partial charge is 0.290 e. The Morgan fingerprint density at radius 2 is 1.79 bits per heavy atom. The first-order valence-corrected chi connectivity index (χ1v) is 6.88. The molecule has 108 valence electrons. The molecule has 0 spiro atoms. The summed E-state index contributed by atoms with van der Waals surface area (Å²) in [4.78, 5) is 23.4. The predicted molar refractivity (Wildman–Crippen MR) is 55.3 cm³/mol. The second-order valence-corrected chi connectivity index (χ2v) is 6.85. The van der Waals surface area contributed by atoms with E-state index in [2.05, 4.69) is 4.18 Å². The standard InChI is InChI=1S/C10H11F3O5S/c1-8(2)5-3-4-9(8,7(15)6(5)14)18-19(16,17)10(11,12)13/h5H,3-4H2,1-2H3/t5-,9-/m0/s1. The van der Waals surface area contributed by atoms with Gasteiger partial charge in [0, 0.05) is 11.3 Å². The number of rotatable bonds is 2. The molecule has 2 aliphatic carbocycles. The van der Waals surface area contributed by atoms with Crippen LogP contribution in [0.1, 0.15) is 26.7 Å². The van der Waals surface area contributed by atoms with Crippen molar-refractivity contribution in [3.63, 3.8) is 0 Å². The zero-order valence-corrected chi connectivity index (χ0v) is 10.9. The summed E-state index contributed by atoms with van der Waals surface area (Å²) < 4.78 is 63.6. The van der Waals surface area contributed by atoms with Gasteiger partial charge in [-0.25, -0.2) is 4.18 Å². The van der Waals surface area contributed by atoms with Crippen LogP contribution in [-0.4, -0.2) is 31.1 Å². The van der Waals surface area contributed by atoms with Crippen LogP contribution in [-0.2, 0) is 23.9 Å². The molecule has 2 fully saturated rings. The zero-order valence-electron chi connectivity index (χ0n) is 10.1. The third-order valence-electron chi connectivity index (χ3n) is 4.14. The van der Waals surface area contributed by atoms with Gasteiger partial charge in [0.25, 0.3) is 0 Å². The molecule has 2 saturated carbocycles. The lowest BCUT2D eigenvalue weighted by Crippen LogP contribution is -2.50. The fraction of sp³-hybridized carbons (Fsp3) is 0.800. The zero-order chi connectivity index (χ0) is 14.9. The van der Waals surface area contributed by atoms with Gasteiger partial charge in [0.15, 0.2) is 5.60 Å². The minimum absolute atomic E-state index is 0.144. The van der Waals surface area contributed by atoms with Crippen LogP contribution >= 0.6 is 0 Å². The Morgan fingerprint density at radius 3 is 2.16 bits per heavy atom. The van der Waals surface area contributed by atoms with Gasteiger partial charge in [-0.3, -0.25) is 9.59 Å². The molecular formula is C10H11F3O5S. The molecule has 0 radical (unpaired) electrons. The quantitative estimate of drug-likeness (QED) is 0.435. The lowest BCUT2D eigenvalue weighted by atomic mass is 9.78. The van der Waals surface area contributed by atoms with E-state index in [1.807, 2.05) is 0 Å². The van der Waals surface area contributed by atoms with Gasteiger partial charge in [-0.1, -0.05) is 13.8 Å². The number of halogens is 3. The maximum atomic E-state index is 12.4. The van der Waals surface area contributed by atoms with Crippen molar-refractivity contribution in [3.05, 3.63) is 0 Å². The Bertz CT molecular complexity index is 562. The number of hydrogen-bond acceptors (Lipinski definition) is 5. The lowest BCUT2D eigenvalue weighted by Gasteiger charge is -2.34. The van der Waals surface area contributed by atoms with Gasteiger partial charge in [0.1, 0.15) is 0 Å². The normalized spacial score (nSPS) is 34.1. The largest absolute Gasteiger partial charge is 0.523 e. The minimum atomic E-state index is -5.93. The predicted octanol–water partition coefficient (Wildman–Crippen LogP) is 1.18. The molecule has 0 aromatic carbocycles. The molecule has 0 aromatic heterocycles. The van der Waals surface area contributed by atoms with Crippen molar-refractivity contribution >= 4 is 21.7 Å². The number of Topliss-reactive ketones (excluding diaryl/α,β-unsaturated/α-hetero) is 2. The maximum Gasteiger partial charge on any atom is 0.523 e. The van der Waals surface area contributed by atoms with Gasteiger partial charge in [0.05, 0.1) is 0 Å². The van der Waals surface area contributed by atoms with Crippen LogP contribution in [0.5, 0.6) is 0 Å². The van der Waals surface area contributed by atoms with Gasteiger partial charge in [0.2, 0.25) is 11.6 Å². The molecule has 0 saturated heterocycles. The van der Waals surface area contributed by atoms with Crippen molar-refractivity contribution in [2.45, 2.75) is 37.8 Å². The van der Waals surface area contributed by atoms with Gasteiger partial charge in [-0.05, 0) is 12.8 Å². The van der Waals surface area contributed by atoms with E-state index in [4.69, 9.17) is 0 Å². The summed E-state index contributed by atoms with van der Waals surface area (Å²) in [6, 6.07) is 0. The number of alkyl halides is 3. The van der Waals surface area contributed by atoms with Crippen LogP contribution in [0.2, 0.25) is 0 Å². The number of carbonyl (C=O) groups is 2. The minimum Gasteiger partial charge on any atom is -0.290 e. The average molecular weight is 300 g/mol. The summed E-state index contributed by atoms with van der Waals surface area (Å²) in [5.41, 5.74) is -9.11. The van der Waals surface area contributed by atoms with Crippen LogP contribution in [0.3, 0.4) is 0 Å². The van der Waals surface area contributed by atoms with E-state index in [-0.39, 0.29) is 12.8 Å². The van der Waals surface area contributed by atoms with Crippen LogP contribution in [0, 0.1) is 11.3 Å². The molecule has 0 N–H and O–H groups in total. The molecule has 0 heterocycles. The number of fused-ring (bicyclic) bond motifs is 2. The Balaban J connectivity index is 2.50. The molecule has 0 aromatic rings. The third-order valence-corrected chi connectivity index (χ3v) is 5.21. The van der Waals surface area contributed by atoms with E-state index in [0.717, 1.165) is 0 Å². The molecule has 2 bridgehead atoms. The van der Waals surface area contributed by atoms with Crippen LogP contribution in [0.25, 0.3) is 0 Å². The molecular weight excluding hydrogens is 289 g/mol. The van der Waals surface area contributed by atoms with E-state index >= 15 is 0 Å². The average Bonchev–Trinajstić information content (AvgIpc) is 2.52. The molecule has 19 heavy (non-hydrogen) atoms. The highest BCUT2D eigenvalue weighted by molar-refractivity contribution is 7.87. The number of carbonyl (C=O) groups excluding carboxylic acids is 2. The Hall–Kier alpha value is -0.960. The Labute approximate surface area is 107 Å². The lowest BCUT2D eigenvalue weighted by molar-refractivity contribution is -0.146. The van der Waals surface area contributed by atoms with Crippen molar-refractivity contribution in [2.24, 2.45) is 11.3 Å². The molecule has 2 rings (SSSR count). The van der Waals surface area contributed by atoms with Gasteiger partial charge in [-0.15, -0.1) is 0 Å². The van der Waals surface area contributed by atoms with E-state index in [1.165, 1.54) is 13.8 Å². The molecule has 2 atom stereocenters. The first-order valence-electron chi connectivity index (χ1n) is 5.47. The van der Waals surface area contributed by atoms with E-state index in [9.17, 15) is 31.2 Å². The summed E-state index contributed by atoms with van der Waals surface area (Å²) in [7, 11) is -5.93. The van der Waals surface area contributed by atoms with Crippen LogP contribution in [0.15, 0.2) is 0 Å². The summed E-state index contributed by atoms with van der Waals surface area (Å²) >= 11 is 0. The third kappa shape index (κ3) is 1.60. The molecule has 0 unspecified atom stereocenters. The van der Waals surface area contributed by atoms with E-state index < -0.39 is 44.1 Å². The first kappa shape index (κ1) is 14.4. The summed E-state index contributed by atoms with van der Waals surface area (Å²) in [6.45, 7) is 2.75. The maximum absolute atomic E-state index is 12.4. The molecule has 0 amide bonds. The molecule has 0 aliphatic heterocycles. The molecule has 2 aliphatic rings. The topological polar surface area (TPSA) is 77.5 Å². The summed E-state index contributed by atoms with van der Waals surface area (Å²) in [6.07, 6.45) is -0.0600. The number of ketones is 2. The Morgan fingerprint density at radius 1 is 1.26 bits per heavy atom. The second-order valence-electron chi connectivity index (χ2n) is 5.32.